The number of hydrogen-bond donors (Lipinski definition) is 3. The van der Waals surface area contributed by atoms with E-state index >= 15 is 0 Å². The third-order valence-corrected chi connectivity index (χ3v) is 4.49. The molecule has 0 aliphatic carbocycles. The maximum atomic E-state index is 13.9. The Morgan fingerprint density at radius 2 is 2.07 bits per heavy atom. The summed E-state index contributed by atoms with van der Waals surface area (Å²) in [5, 5.41) is 12.7. The lowest BCUT2D eigenvalue weighted by Crippen LogP contribution is -2.12. The molecule has 3 aromatic rings. The van der Waals surface area contributed by atoms with Crippen LogP contribution in [0.5, 0.6) is 5.75 Å². The molecule has 2 aromatic carbocycles. The zero-order valence-electron chi connectivity index (χ0n) is 15.6. The van der Waals surface area contributed by atoms with Gasteiger partial charge in [0.2, 0.25) is 0 Å². The number of aromatic nitrogens is 1. The topological polar surface area (TPSA) is 80.4 Å². The van der Waals surface area contributed by atoms with Crippen LogP contribution in [-0.4, -0.2) is 17.2 Å². The molecule has 6 heteroatoms. The van der Waals surface area contributed by atoms with Crippen molar-refractivity contribution in [1.29, 1.82) is 0 Å². The van der Waals surface area contributed by atoms with Gasteiger partial charge in [-0.15, -0.1) is 0 Å². The SMILES string of the molecule is C=C(NCc1ccc(OC)c(F)c1)c1cc(-c2cnccc2CO)ccc1N. The number of methoxy groups -OCH3 is 1. The molecule has 28 heavy (non-hydrogen) atoms. The summed E-state index contributed by atoms with van der Waals surface area (Å²) in [5.74, 6) is -0.210. The van der Waals surface area contributed by atoms with Gasteiger partial charge in [-0.25, -0.2) is 4.39 Å². The van der Waals surface area contributed by atoms with Crippen molar-refractivity contribution in [2.45, 2.75) is 13.2 Å². The van der Waals surface area contributed by atoms with Crippen LogP contribution in [0.15, 0.2) is 61.4 Å². The van der Waals surface area contributed by atoms with E-state index in [-0.39, 0.29) is 12.4 Å². The highest BCUT2D eigenvalue weighted by Crippen LogP contribution is 2.29. The van der Waals surface area contributed by atoms with Gasteiger partial charge in [-0.1, -0.05) is 18.7 Å². The molecule has 3 rings (SSSR count). The fraction of sp³-hybridized carbons (Fsp3) is 0.136. The Bertz CT molecular complexity index is 1000. The van der Waals surface area contributed by atoms with E-state index in [2.05, 4.69) is 16.9 Å². The molecule has 0 aliphatic heterocycles. The highest BCUT2D eigenvalue weighted by atomic mass is 19.1. The Hall–Kier alpha value is -3.38. The van der Waals surface area contributed by atoms with Crippen molar-refractivity contribution in [1.82, 2.24) is 10.3 Å². The molecule has 1 aromatic heterocycles. The molecule has 0 fully saturated rings. The van der Waals surface area contributed by atoms with Gasteiger partial charge in [-0.2, -0.15) is 0 Å². The third kappa shape index (κ3) is 4.13. The van der Waals surface area contributed by atoms with Gasteiger partial charge in [-0.05, 0) is 47.0 Å². The van der Waals surface area contributed by atoms with Gasteiger partial charge in [0.1, 0.15) is 0 Å². The Balaban J connectivity index is 1.81. The largest absolute Gasteiger partial charge is 0.494 e. The number of aliphatic hydroxyl groups excluding tert-OH is 1. The summed E-state index contributed by atoms with van der Waals surface area (Å²) in [6.07, 6.45) is 3.35. The Morgan fingerprint density at radius 3 is 2.79 bits per heavy atom. The van der Waals surface area contributed by atoms with Gasteiger partial charge in [0.15, 0.2) is 11.6 Å². The normalized spacial score (nSPS) is 10.5. The second-order valence-corrected chi connectivity index (χ2v) is 6.29. The molecule has 0 spiro atoms. The number of pyridine rings is 1. The Morgan fingerprint density at radius 1 is 1.25 bits per heavy atom. The first-order chi connectivity index (χ1) is 13.5. The van der Waals surface area contributed by atoms with Gasteiger partial charge in [0.05, 0.1) is 13.7 Å². The number of nitrogens with zero attached hydrogens (tertiary/aromatic N) is 1. The van der Waals surface area contributed by atoms with Crippen molar-refractivity contribution in [3.63, 3.8) is 0 Å². The van der Waals surface area contributed by atoms with E-state index in [9.17, 15) is 9.50 Å². The van der Waals surface area contributed by atoms with Crippen LogP contribution in [0, 0.1) is 5.82 Å². The fourth-order valence-electron chi connectivity index (χ4n) is 2.93. The van der Waals surface area contributed by atoms with E-state index in [0.29, 0.717) is 17.9 Å². The van der Waals surface area contributed by atoms with Crippen LogP contribution in [0.3, 0.4) is 0 Å². The highest BCUT2D eigenvalue weighted by Gasteiger charge is 2.10. The smallest absolute Gasteiger partial charge is 0.165 e. The van der Waals surface area contributed by atoms with Crippen LogP contribution in [0.1, 0.15) is 16.7 Å². The number of ether oxygens (including phenoxy) is 1. The Kier molecular flexibility index (Phi) is 5.91. The molecule has 0 atom stereocenters. The van der Waals surface area contributed by atoms with Gasteiger partial charge in [-0.3, -0.25) is 4.98 Å². The van der Waals surface area contributed by atoms with Crippen molar-refractivity contribution < 1.29 is 14.2 Å². The first-order valence-electron chi connectivity index (χ1n) is 8.72. The monoisotopic (exact) mass is 379 g/mol. The predicted octanol–water partition coefficient (Wildman–Crippen LogP) is 3.73. The summed E-state index contributed by atoms with van der Waals surface area (Å²) in [5.41, 5.74) is 11.3. The molecule has 0 bridgehead atoms. The van der Waals surface area contributed by atoms with Crippen LogP contribution in [0.4, 0.5) is 10.1 Å². The zero-order chi connectivity index (χ0) is 20.1. The van der Waals surface area contributed by atoms with Crippen LogP contribution < -0.4 is 15.8 Å². The number of benzene rings is 2. The quantitative estimate of drug-likeness (QED) is 0.545. The van der Waals surface area contributed by atoms with Crippen molar-refractivity contribution in [3.05, 3.63) is 83.9 Å². The van der Waals surface area contributed by atoms with Gasteiger partial charge >= 0.3 is 0 Å². The number of rotatable bonds is 7. The number of nitrogens with one attached hydrogen (secondary N) is 1. The maximum Gasteiger partial charge on any atom is 0.165 e. The van der Waals surface area contributed by atoms with E-state index in [1.54, 1.807) is 36.7 Å². The van der Waals surface area contributed by atoms with Crippen LogP contribution in [0.2, 0.25) is 0 Å². The average Bonchev–Trinajstić information content (AvgIpc) is 2.72. The lowest BCUT2D eigenvalue weighted by atomic mass is 9.98. The lowest BCUT2D eigenvalue weighted by Gasteiger charge is -2.15. The van der Waals surface area contributed by atoms with Gasteiger partial charge < -0.3 is 20.9 Å². The lowest BCUT2D eigenvalue weighted by molar-refractivity contribution is 0.282. The fourth-order valence-corrected chi connectivity index (χ4v) is 2.93. The number of nitrogen functional groups attached to an aromatic ring is 1. The second-order valence-electron chi connectivity index (χ2n) is 6.29. The van der Waals surface area contributed by atoms with Crippen LogP contribution in [-0.2, 0) is 13.2 Å². The molecule has 144 valence electrons. The van der Waals surface area contributed by atoms with Crippen molar-refractivity contribution in [3.8, 4) is 16.9 Å². The summed E-state index contributed by atoms with van der Waals surface area (Å²) in [6.45, 7) is 4.36. The molecule has 0 saturated heterocycles. The van der Waals surface area contributed by atoms with E-state index < -0.39 is 5.82 Å². The minimum atomic E-state index is -0.415. The molecular formula is C22H22FN3O2. The minimum absolute atomic E-state index is 0.0835. The number of hydrogen-bond acceptors (Lipinski definition) is 5. The molecule has 0 saturated carbocycles. The first kappa shape index (κ1) is 19.4. The summed E-state index contributed by atoms with van der Waals surface area (Å²) >= 11 is 0. The van der Waals surface area contributed by atoms with Crippen molar-refractivity contribution in [2.24, 2.45) is 0 Å². The van der Waals surface area contributed by atoms with Gasteiger partial charge in [0.25, 0.3) is 0 Å². The summed E-state index contributed by atoms with van der Waals surface area (Å²) in [4.78, 5) is 4.14. The molecule has 0 radical (unpaired) electrons. The van der Waals surface area contributed by atoms with Crippen LogP contribution in [0.25, 0.3) is 16.8 Å². The number of anilines is 1. The predicted molar refractivity (Wildman–Crippen MR) is 109 cm³/mol. The Labute approximate surface area is 163 Å². The second kappa shape index (κ2) is 8.54. The standard InChI is InChI=1S/C22H22FN3O2/c1-14(26-11-15-3-6-22(28-2)20(23)9-15)18-10-16(4-5-21(18)24)19-12-25-8-7-17(19)13-27/h3-10,12,26-27H,1,11,13,24H2,2H3. The molecule has 1 heterocycles. The summed E-state index contributed by atoms with van der Waals surface area (Å²) in [7, 11) is 1.43. The van der Waals surface area contributed by atoms with Crippen molar-refractivity contribution >= 4 is 11.4 Å². The van der Waals surface area contributed by atoms with E-state index in [4.69, 9.17) is 10.5 Å². The van der Waals surface area contributed by atoms with Crippen molar-refractivity contribution in [2.75, 3.05) is 12.8 Å². The zero-order valence-corrected chi connectivity index (χ0v) is 15.6. The number of halogens is 1. The molecule has 5 nitrogen and oxygen atoms in total. The first-order valence-corrected chi connectivity index (χ1v) is 8.72. The van der Waals surface area contributed by atoms with Crippen LogP contribution >= 0.6 is 0 Å². The molecule has 4 N–H and O–H groups in total. The van der Waals surface area contributed by atoms with E-state index in [1.165, 1.54) is 13.2 Å². The molecule has 0 aliphatic rings. The summed E-state index contributed by atoms with van der Waals surface area (Å²) in [6, 6.07) is 12.1. The minimum Gasteiger partial charge on any atom is -0.494 e. The van der Waals surface area contributed by atoms with E-state index in [1.807, 2.05) is 12.1 Å². The number of aliphatic hydroxyl groups is 1. The van der Waals surface area contributed by atoms with Gasteiger partial charge in [0, 0.05) is 41.4 Å². The third-order valence-electron chi connectivity index (χ3n) is 4.49. The number of nitrogens with two attached hydrogens (primary N) is 1. The average molecular weight is 379 g/mol. The molecular weight excluding hydrogens is 357 g/mol. The summed E-state index contributed by atoms with van der Waals surface area (Å²) < 4.78 is 18.8. The maximum absolute atomic E-state index is 13.9. The highest BCUT2D eigenvalue weighted by molar-refractivity contribution is 5.79. The van der Waals surface area contributed by atoms with E-state index in [0.717, 1.165) is 27.8 Å². The molecule has 0 unspecified atom stereocenters. The molecule has 0 amide bonds.